The lowest BCUT2D eigenvalue weighted by atomic mass is 10.1. The van der Waals surface area contributed by atoms with Crippen molar-refractivity contribution in [3.8, 4) is 5.75 Å². The largest absolute Gasteiger partial charge is 0.497 e. The van der Waals surface area contributed by atoms with Crippen LogP contribution in [0.25, 0.3) is 0 Å². The fourth-order valence-electron chi connectivity index (χ4n) is 3.30. The summed E-state index contributed by atoms with van der Waals surface area (Å²) >= 11 is 7.38. The molecule has 0 spiro atoms. The molecule has 2 aromatic carbocycles. The number of carbonyl (C=O) groups excluding carboxylic acids is 2. The van der Waals surface area contributed by atoms with Gasteiger partial charge in [-0.2, -0.15) is 0 Å². The molecule has 0 aliphatic rings. The van der Waals surface area contributed by atoms with Crippen molar-refractivity contribution in [2.75, 3.05) is 19.4 Å². The number of hydrogen-bond acceptors (Lipinski definition) is 4. The van der Waals surface area contributed by atoms with E-state index in [1.807, 2.05) is 45.0 Å². The molecule has 5 nitrogen and oxygen atoms in total. The number of halogens is 2. The number of carbonyl (C=O) groups is 2. The Morgan fingerprint density at radius 3 is 2.58 bits per heavy atom. The van der Waals surface area contributed by atoms with E-state index in [0.29, 0.717) is 35.2 Å². The molecule has 2 aromatic rings. The van der Waals surface area contributed by atoms with E-state index in [9.17, 15) is 14.0 Å². The van der Waals surface area contributed by atoms with E-state index in [2.05, 4.69) is 5.32 Å². The van der Waals surface area contributed by atoms with Gasteiger partial charge in [-0.3, -0.25) is 9.59 Å². The lowest BCUT2D eigenvalue weighted by molar-refractivity contribution is -0.139. The Balaban J connectivity index is 2.18. The van der Waals surface area contributed by atoms with Gasteiger partial charge in [-0.25, -0.2) is 4.39 Å². The zero-order chi connectivity index (χ0) is 24.4. The molecule has 1 N–H and O–H groups in total. The molecule has 2 amide bonds. The first-order valence-corrected chi connectivity index (χ1v) is 12.5. The Morgan fingerprint density at radius 1 is 1.21 bits per heavy atom. The number of benzene rings is 2. The van der Waals surface area contributed by atoms with Gasteiger partial charge in [0, 0.05) is 29.4 Å². The van der Waals surface area contributed by atoms with Gasteiger partial charge in [-0.15, -0.1) is 11.8 Å². The van der Waals surface area contributed by atoms with Crippen LogP contribution in [0.4, 0.5) is 4.39 Å². The Bertz CT molecular complexity index is 921. The van der Waals surface area contributed by atoms with Gasteiger partial charge in [-0.1, -0.05) is 50.6 Å². The van der Waals surface area contributed by atoms with Gasteiger partial charge in [0.2, 0.25) is 11.8 Å². The summed E-state index contributed by atoms with van der Waals surface area (Å²) in [4.78, 5) is 27.8. The summed E-state index contributed by atoms with van der Waals surface area (Å²) in [5.41, 5.74) is 1.23. The second-order valence-corrected chi connectivity index (χ2v) is 9.52. The molecule has 0 saturated heterocycles. The Hall–Kier alpha value is -2.25. The topological polar surface area (TPSA) is 58.6 Å². The van der Waals surface area contributed by atoms with Gasteiger partial charge in [-0.05, 0) is 42.2 Å². The Labute approximate surface area is 205 Å². The number of rotatable bonds is 12. The van der Waals surface area contributed by atoms with Crippen LogP contribution in [0.5, 0.6) is 5.75 Å². The minimum Gasteiger partial charge on any atom is -0.497 e. The number of methoxy groups -OCH3 is 1. The average Bonchev–Trinajstić information content (AvgIpc) is 2.79. The lowest BCUT2D eigenvalue weighted by Gasteiger charge is -2.31. The number of hydrogen-bond donors (Lipinski definition) is 1. The maximum absolute atomic E-state index is 14.1. The van der Waals surface area contributed by atoms with Gasteiger partial charge < -0.3 is 15.0 Å². The minimum absolute atomic E-state index is 0.0998. The lowest BCUT2D eigenvalue weighted by Crippen LogP contribution is -2.50. The minimum atomic E-state index is -0.611. The fourth-order valence-corrected chi connectivity index (χ4v) is 4.55. The van der Waals surface area contributed by atoms with E-state index in [4.69, 9.17) is 16.3 Å². The van der Waals surface area contributed by atoms with Crippen molar-refractivity contribution >= 4 is 35.2 Å². The molecule has 0 saturated carbocycles. The van der Waals surface area contributed by atoms with E-state index in [0.717, 1.165) is 5.56 Å². The van der Waals surface area contributed by atoms with Gasteiger partial charge in [0.25, 0.3) is 0 Å². The molecule has 0 aliphatic heterocycles. The quantitative estimate of drug-likeness (QED) is 0.435. The first-order chi connectivity index (χ1) is 15.8. The third kappa shape index (κ3) is 8.23. The summed E-state index contributed by atoms with van der Waals surface area (Å²) in [6.45, 7) is 6.73. The second-order valence-electron chi connectivity index (χ2n) is 8.13. The van der Waals surface area contributed by atoms with Crippen molar-refractivity contribution in [3.63, 3.8) is 0 Å². The SMILES string of the molecule is CC[C@H](C(=O)NCC(C)C)N(Cc1cccc(OC)c1)C(=O)CSCc1c(F)cccc1Cl. The molecule has 180 valence electrons. The summed E-state index contributed by atoms with van der Waals surface area (Å²) in [5.74, 6) is 0.584. The van der Waals surface area contributed by atoms with Gasteiger partial charge in [0.05, 0.1) is 12.9 Å². The molecule has 0 radical (unpaired) electrons. The number of nitrogens with one attached hydrogen (secondary N) is 1. The van der Waals surface area contributed by atoms with E-state index in [-0.39, 0.29) is 29.9 Å². The van der Waals surface area contributed by atoms with E-state index >= 15 is 0 Å². The molecular formula is C25H32ClFN2O3S. The third-order valence-electron chi connectivity index (χ3n) is 5.09. The van der Waals surface area contributed by atoms with Crippen LogP contribution in [0.2, 0.25) is 5.02 Å². The Kier molecular flexibility index (Phi) is 11.0. The normalized spacial score (nSPS) is 11.8. The zero-order valence-electron chi connectivity index (χ0n) is 19.6. The summed E-state index contributed by atoms with van der Waals surface area (Å²) in [7, 11) is 1.58. The van der Waals surface area contributed by atoms with E-state index < -0.39 is 11.9 Å². The number of ether oxygens (including phenoxy) is 1. The zero-order valence-corrected chi connectivity index (χ0v) is 21.1. The van der Waals surface area contributed by atoms with Crippen LogP contribution in [0.1, 0.15) is 38.3 Å². The summed E-state index contributed by atoms with van der Waals surface area (Å²) in [5, 5.41) is 3.28. The maximum Gasteiger partial charge on any atom is 0.242 e. The van der Waals surface area contributed by atoms with Crippen LogP contribution in [0.3, 0.4) is 0 Å². The molecule has 1 atom stereocenters. The third-order valence-corrected chi connectivity index (χ3v) is 6.39. The highest BCUT2D eigenvalue weighted by atomic mass is 35.5. The molecule has 2 rings (SSSR count). The molecule has 0 aliphatic carbocycles. The van der Waals surface area contributed by atoms with Crippen molar-refractivity contribution in [1.29, 1.82) is 0 Å². The molecule has 0 bridgehead atoms. The van der Waals surface area contributed by atoms with Crippen LogP contribution in [0.15, 0.2) is 42.5 Å². The van der Waals surface area contributed by atoms with Crippen molar-refractivity contribution in [2.24, 2.45) is 5.92 Å². The standard InChI is InChI=1S/C25H32ClFN2O3S/c1-5-23(25(31)28-13-17(2)3)29(14-18-8-6-9-19(12-18)32-4)24(30)16-33-15-20-21(26)10-7-11-22(20)27/h6-12,17,23H,5,13-16H2,1-4H3,(H,28,31)/t23-/m1/s1. The molecular weight excluding hydrogens is 463 g/mol. The molecule has 0 fully saturated rings. The predicted octanol–water partition coefficient (Wildman–Crippen LogP) is 5.30. The maximum atomic E-state index is 14.1. The molecule has 8 heteroatoms. The predicted molar refractivity (Wildman–Crippen MR) is 133 cm³/mol. The van der Waals surface area contributed by atoms with Crippen molar-refractivity contribution < 1.29 is 18.7 Å². The van der Waals surface area contributed by atoms with Gasteiger partial charge >= 0.3 is 0 Å². The highest BCUT2D eigenvalue weighted by Crippen LogP contribution is 2.25. The van der Waals surface area contributed by atoms with Crippen LogP contribution >= 0.6 is 23.4 Å². The van der Waals surface area contributed by atoms with Crippen LogP contribution in [-0.4, -0.2) is 42.2 Å². The number of nitrogens with zero attached hydrogens (tertiary/aromatic N) is 1. The molecule has 33 heavy (non-hydrogen) atoms. The highest BCUT2D eigenvalue weighted by Gasteiger charge is 2.28. The highest BCUT2D eigenvalue weighted by molar-refractivity contribution is 7.99. The first kappa shape index (κ1) is 27.0. The van der Waals surface area contributed by atoms with Crippen molar-refractivity contribution in [3.05, 3.63) is 64.4 Å². The smallest absolute Gasteiger partial charge is 0.242 e. The van der Waals surface area contributed by atoms with Gasteiger partial charge in [0.15, 0.2) is 0 Å². The summed E-state index contributed by atoms with van der Waals surface area (Å²) in [6, 6.07) is 11.4. The average molecular weight is 495 g/mol. The number of amides is 2. The summed E-state index contributed by atoms with van der Waals surface area (Å²) < 4.78 is 19.4. The number of thioether (sulfide) groups is 1. The van der Waals surface area contributed by atoms with Gasteiger partial charge in [0.1, 0.15) is 17.6 Å². The molecule has 0 aromatic heterocycles. The van der Waals surface area contributed by atoms with Crippen molar-refractivity contribution in [1.82, 2.24) is 10.2 Å². The monoisotopic (exact) mass is 494 g/mol. The second kappa shape index (κ2) is 13.5. The van der Waals surface area contributed by atoms with E-state index in [1.54, 1.807) is 24.1 Å². The van der Waals surface area contributed by atoms with Crippen molar-refractivity contribution in [2.45, 2.75) is 45.5 Å². The van der Waals surface area contributed by atoms with Crippen LogP contribution in [0, 0.1) is 11.7 Å². The fraction of sp³-hybridized carbons (Fsp3) is 0.440. The van der Waals surface area contributed by atoms with Crippen LogP contribution < -0.4 is 10.1 Å². The molecule has 0 heterocycles. The van der Waals surface area contributed by atoms with Crippen LogP contribution in [-0.2, 0) is 21.9 Å². The summed E-state index contributed by atoms with van der Waals surface area (Å²) in [6.07, 6.45) is 0.476. The Morgan fingerprint density at radius 2 is 1.94 bits per heavy atom. The molecule has 0 unspecified atom stereocenters. The first-order valence-electron chi connectivity index (χ1n) is 11.0. The van der Waals surface area contributed by atoms with E-state index in [1.165, 1.54) is 17.8 Å².